The Bertz CT molecular complexity index is 370. The molecule has 13 heavy (non-hydrogen) atoms. The first-order valence-corrected chi connectivity index (χ1v) is 4.85. The highest BCUT2D eigenvalue weighted by Crippen LogP contribution is 2.16. The van der Waals surface area contributed by atoms with Gasteiger partial charge >= 0.3 is 0 Å². The minimum Gasteiger partial charge on any atom is -0.274 e. The van der Waals surface area contributed by atoms with Crippen molar-refractivity contribution in [1.82, 2.24) is 0 Å². The monoisotopic (exact) mass is 259 g/mol. The van der Waals surface area contributed by atoms with Gasteiger partial charge in [0, 0.05) is 4.47 Å². The van der Waals surface area contributed by atoms with Gasteiger partial charge in [0.2, 0.25) is 5.11 Å². The van der Waals surface area contributed by atoms with Gasteiger partial charge in [-0.05, 0) is 24.3 Å². The second kappa shape index (κ2) is 5.00. The largest absolute Gasteiger partial charge is 0.274 e. The van der Waals surface area contributed by atoms with Crippen molar-refractivity contribution in [2.24, 2.45) is 16.0 Å². The Morgan fingerprint density at radius 3 is 2.54 bits per heavy atom. The van der Waals surface area contributed by atoms with Gasteiger partial charge in [0.1, 0.15) is 11.3 Å². The molecule has 1 aromatic carbocycles. The van der Waals surface area contributed by atoms with Crippen LogP contribution in [0.15, 0.2) is 39.0 Å². The highest BCUT2D eigenvalue weighted by Gasteiger charge is 1.89. The number of halogens is 1. The minimum atomic E-state index is -0.0945. The summed E-state index contributed by atoms with van der Waals surface area (Å²) in [6.45, 7) is 0. The summed E-state index contributed by atoms with van der Waals surface area (Å²) in [5.74, 6) is 0. The van der Waals surface area contributed by atoms with Gasteiger partial charge in [-0.15, -0.1) is 10.2 Å². The first kappa shape index (κ1) is 10.2. The lowest BCUT2D eigenvalue weighted by Gasteiger charge is -1.90. The number of hydrogen-bond acceptors (Lipinski definition) is 2. The van der Waals surface area contributed by atoms with Crippen molar-refractivity contribution in [1.29, 1.82) is 0 Å². The summed E-state index contributed by atoms with van der Waals surface area (Å²) in [6, 6.07) is 7.18. The predicted octanol–water partition coefficient (Wildman–Crippen LogP) is 1.79. The molecule has 0 bridgehead atoms. The molecule has 6 heteroatoms. The fourth-order valence-electron chi connectivity index (χ4n) is 0.631. The molecule has 0 spiro atoms. The zero-order valence-corrected chi connectivity index (χ0v) is 8.88. The van der Waals surface area contributed by atoms with Crippen LogP contribution in [0.3, 0.4) is 0 Å². The van der Waals surface area contributed by atoms with Crippen LogP contribution in [0.5, 0.6) is 0 Å². The lowest BCUT2D eigenvalue weighted by molar-refractivity contribution is 0.700. The van der Waals surface area contributed by atoms with Crippen LogP contribution in [0.1, 0.15) is 0 Å². The predicted molar refractivity (Wildman–Crippen MR) is 56.0 cm³/mol. The number of hydrogen-bond donors (Lipinski definition) is 1. The van der Waals surface area contributed by atoms with Crippen LogP contribution >= 0.6 is 15.9 Å². The molecule has 68 valence electrons. The van der Waals surface area contributed by atoms with Gasteiger partial charge in [0.25, 0.3) is 0 Å². The lowest BCUT2D eigenvalue weighted by atomic mass is 10.3. The molecule has 0 aliphatic carbocycles. The van der Waals surface area contributed by atoms with Gasteiger partial charge in [-0.2, -0.15) is 0 Å². The Morgan fingerprint density at radius 2 is 2.00 bits per heavy atom. The number of azo groups is 1. The standard InChI is InChI=1S/C7H6BrN3OS/c8-5-1-3-6(4-2-5)10-11-7(9)13-12/h1-4H,9H2. The number of rotatable bonds is 1. The molecule has 1 aromatic rings. The van der Waals surface area contributed by atoms with E-state index in [4.69, 9.17) is 5.73 Å². The molecule has 0 aromatic heterocycles. The third-order valence-corrected chi connectivity index (χ3v) is 1.96. The lowest BCUT2D eigenvalue weighted by Crippen LogP contribution is -2.05. The molecule has 4 nitrogen and oxygen atoms in total. The van der Waals surface area contributed by atoms with Crippen molar-refractivity contribution in [3.8, 4) is 0 Å². The van der Waals surface area contributed by atoms with E-state index in [1.54, 1.807) is 12.1 Å². The second-order valence-corrected chi connectivity index (χ2v) is 3.60. The molecule has 1 rings (SSSR count). The average Bonchev–Trinajstić information content (AvgIpc) is 2.16. The molecular weight excluding hydrogens is 254 g/mol. The number of benzene rings is 1. The normalized spacial score (nSPS) is 10.3. The molecule has 0 aliphatic rings. The van der Waals surface area contributed by atoms with Crippen LogP contribution in [0.25, 0.3) is 0 Å². The Morgan fingerprint density at radius 1 is 1.38 bits per heavy atom. The van der Waals surface area contributed by atoms with E-state index in [1.165, 1.54) is 0 Å². The number of nitrogens with two attached hydrogens (primary N) is 1. The maximum atomic E-state index is 10.1. The van der Waals surface area contributed by atoms with Gasteiger partial charge in [-0.25, -0.2) is 4.21 Å². The van der Waals surface area contributed by atoms with Crippen molar-refractivity contribution >= 4 is 38.0 Å². The van der Waals surface area contributed by atoms with Crippen LogP contribution in [0, 0.1) is 0 Å². The summed E-state index contributed by atoms with van der Waals surface area (Å²) in [5.41, 5.74) is 5.80. The van der Waals surface area contributed by atoms with E-state index in [9.17, 15) is 4.21 Å². The third kappa shape index (κ3) is 3.58. The summed E-state index contributed by atoms with van der Waals surface area (Å²) < 4.78 is 11.1. The Kier molecular flexibility index (Phi) is 3.94. The maximum absolute atomic E-state index is 10.1. The average molecular weight is 260 g/mol. The molecule has 0 saturated carbocycles. The van der Waals surface area contributed by atoms with Gasteiger partial charge in [-0.3, -0.25) is 5.73 Å². The first-order valence-electron chi connectivity index (χ1n) is 3.32. The molecule has 0 saturated heterocycles. The molecule has 0 radical (unpaired) electrons. The fraction of sp³-hybridized carbons (Fsp3) is 0. The second-order valence-electron chi connectivity index (χ2n) is 2.10. The summed E-state index contributed by atoms with van der Waals surface area (Å²) in [5, 5.41) is 7.14. The van der Waals surface area contributed by atoms with E-state index in [0.29, 0.717) is 5.69 Å². The molecule has 0 atom stereocenters. The van der Waals surface area contributed by atoms with E-state index in [0.717, 1.165) is 4.47 Å². The van der Waals surface area contributed by atoms with Crippen LogP contribution in [-0.2, 0) is 11.3 Å². The summed E-state index contributed by atoms with van der Waals surface area (Å²) >= 11 is 3.40. The quantitative estimate of drug-likeness (QED) is 0.617. The molecule has 0 heterocycles. The Labute approximate surface area is 87.1 Å². The highest BCUT2D eigenvalue weighted by molar-refractivity contribution is 9.10. The SMILES string of the molecule is NC(N=Nc1ccc(Br)cc1)=S=O. The summed E-state index contributed by atoms with van der Waals surface area (Å²) in [6.07, 6.45) is 0. The fourth-order valence-corrected chi connectivity index (χ4v) is 0.970. The van der Waals surface area contributed by atoms with Crippen molar-refractivity contribution < 1.29 is 4.21 Å². The smallest absolute Gasteiger partial charge is 0.220 e. The highest BCUT2D eigenvalue weighted by atomic mass is 79.9. The van der Waals surface area contributed by atoms with Gasteiger partial charge in [0.15, 0.2) is 0 Å². The molecule has 0 aliphatic heterocycles. The first-order chi connectivity index (χ1) is 6.22. The van der Waals surface area contributed by atoms with E-state index in [1.807, 2.05) is 12.1 Å². The van der Waals surface area contributed by atoms with E-state index in [2.05, 4.69) is 26.2 Å². The Hall–Kier alpha value is -0.850. The molecule has 2 N–H and O–H groups in total. The number of nitrogens with zero attached hydrogens (tertiary/aromatic N) is 2. The molecule has 0 amide bonds. The van der Waals surface area contributed by atoms with E-state index in [-0.39, 0.29) is 16.4 Å². The maximum Gasteiger partial charge on any atom is 0.220 e. The van der Waals surface area contributed by atoms with Gasteiger partial charge < -0.3 is 0 Å². The van der Waals surface area contributed by atoms with Gasteiger partial charge in [0.05, 0.1) is 5.69 Å². The zero-order valence-electron chi connectivity index (χ0n) is 6.48. The topological polar surface area (TPSA) is 67.8 Å². The molecule has 0 fully saturated rings. The van der Waals surface area contributed by atoms with E-state index < -0.39 is 0 Å². The van der Waals surface area contributed by atoms with Crippen LogP contribution in [-0.4, -0.2) is 9.32 Å². The minimum absolute atomic E-state index is 0.0945. The van der Waals surface area contributed by atoms with Crippen LogP contribution in [0.4, 0.5) is 5.69 Å². The third-order valence-electron chi connectivity index (χ3n) is 1.18. The zero-order chi connectivity index (χ0) is 9.68. The summed E-state index contributed by atoms with van der Waals surface area (Å²) in [7, 11) is 0. The molecular formula is C7H6BrN3OS. The van der Waals surface area contributed by atoms with E-state index >= 15 is 0 Å². The molecule has 0 unspecified atom stereocenters. The van der Waals surface area contributed by atoms with Crippen LogP contribution in [0.2, 0.25) is 0 Å². The van der Waals surface area contributed by atoms with Crippen molar-refractivity contribution in [2.75, 3.05) is 0 Å². The van der Waals surface area contributed by atoms with Crippen molar-refractivity contribution in [3.63, 3.8) is 0 Å². The van der Waals surface area contributed by atoms with Crippen molar-refractivity contribution in [3.05, 3.63) is 28.7 Å². The van der Waals surface area contributed by atoms with Gasteiger partial charge in [-0.1, -0.05) is 15.9 Å². The van der Waals surface area contributed by atoms with Crippen molar-refractivity contribution in [2.45, 2.75) is 0 Å². The summed E-state index contributed by atoms with van der Waals surface area (Å²) in [4.78, 5) is 0. The Balaban J connectivity index is 2.81. The van der Waals surface area contributed by atoms with Crippen LogP contribution < -0.4 is 5.73 Å².